The molecule has 1 aliphatic rings. The maximum absolute atomic E-state index is 13.1. The lowest BCUT2D eigenvalue weighted by molar-refractivity contribution is -0.302. The maximum atomic E-state index is 13.1. The lowest BCUT2D eigenvalue weighted by Crippen LogP contribution is -2.60. The maximum Gasteiger partial charge on any atom is 0.220 e. The SMILES string of the molecule is CC/C=C\C/C=C\C/C=C\C/C=C\C/C=C\C/C=C\C/C=C\C/C=C\C/C=C\C/C=C\C/C=C\C/C=C\CCCCC(=O)NC(COC1OC(CO)C(O)C(O)C1O)C(O)/C=C/CCCCCCCCCCCCCCCCCC. The number of aliphatic hydroxyl groups is 5. The number of ether oxygens (including phenoxy) is 2. The molecule has 0 aromatic carbocycles. The van der Waals surface area contributed by atoms with E-state index >= 15 is 0 Å². The largest absolute Gasteiger partial charge is 0.394 e. The van der Waals surface area contributed by atoms with Crippen molar-refractivity contribution in [2.75, 3.05) is 13.2 Å². The van der Waals surface area contributed by atoms with Gasteiger partial charge < -0.3 is 40.3 Å². The van der Waals surface area contributed by atoms with Crippen molar-refractivity contribution in [1.82, 2.24) is 5.32 Å². The quantitative estimate of drug-likeness (QED) is 0.0261. The predicted molar refractivity (Wildman–Crippen MR) is 340 cm³/mol. The number of allylic oxidation sites excluding steroid dienone is 25. The fourth-order valence-electron chi connectivity index (χ4n) is 8.90. The third-order valence-corrected chi connectivity index (χ3v) is 13.9. The molecule has 1 heterocycles. The molecule has 7 atom stereocenters. The molecule has 9 nitrogen and oxygen atoms in total. The van der Waals surface area contributed by atoms with Gasteiger partial charge in [0.1, 0.15) is 24.4 Å². The van der Waals surface area contributed by atoms with Gasteiger partial charge in [0.05, 0.1) is 25.4 Å². The van der Waals surface area contributed by atoms with Crippen LogP contribution >= 0.6 is 0 Å². The summed E-state index contributed by atoms with van der Waals surface area (Å²) in [7, 11) is 0. The monoisotopic (exact) mass is 1110 g/mol. The van der Waals surface area contributed by atoms with Gasteiger partial charge in [0.15, 0.2) is 6.29 Å². The van der Waals surface area contributed by atoms with Crippen molar-refractivity contribution in [3.8, 4) is 0 Å². The Morgan fingerprint density at radius 3 is 1.15 bits per heavy atom. The second-order valence-corrected chi connectivity index (χ2v) is 21.1. The van der Waals surface area contributed by atoms with E-state index in [4.69, 9.17) is 9.47 Å². The first-order valence-electron chi connectivity index (χ1n) is 31.7. The normalized spacial score (nSPS) is 19.6. The highest BCUT2D eigenvalue weighted by Crippen LogP contribution is 2.23. The van der Waals surface area contributed by atoms with Crippen LogP contribution in [-0.2, 0) is 14.3 Å². The zero-order chi connectivity index (χ0) is 57.9. The minimum atomic E-state index is -1.58. The van der Waals surface area contributed by atoms with Gasteiger partial charge in [-0.15, -0.1) is 0 Å². The Morgan fingerprint density at radius 2 is 0.775 bits per heavy atom. The molecule has 9 heteroatoms. The van der Waals surface area contributed by atoms with E-state index in [0.29, 0.717) is 6.42 Å². The van der Waals surface area contributed by atoms with Gasteiger partial charge in [-0.25, -0.2) is 0 Å². The minimum absolute atomic E-state index is 0.216. The third kappa shape index (κ3) is 46.4. The molecule has 0 bridgehead atoms. The first-order chi connectivity index (χ1) is 39.3. The Hall–Kier alpha value is -4.19. The van der Waals surface area contributed by atoms with E-state index in [2.05, 4.69) is 165 Å². The summed E-state index contributed by atoms with van der Waals surface area (Å²) in [4.78, 5) is 13.1. The highest BCUT2D eigenvalue weighted by atomic mass is 16.7. The van der Waals surface area contributed by atoms with Gasteiger partial charge in [0.2, 0.25) is 5.91 Å². The number of aliphatic hydroxyl groups excluding tert-OH is 5. The number of unbranched alkanes of at least 4 members (excludes halogenated alkanes) is 18. The summed E-state index contributed by atoms with van der Waals surface area (Å²) >= 11 is 0. The van der Waals surface area contributed by atoms with Crippen LogP contribution in [0.25, 0.3) is 0 Å². The molecule has 0 aromatic rings. The van der Waals surface area contributed by atoms with Crippen molar-refractivity contribution < 1.29 is 39.8 Å². The van der Waals surface area contributed by atoms with Gasteiger partial charge in [0, 0.05) is 6.42 Å². The molecule has 1 fully saturated rings. The lowest BCUT2D eigenvalue weighted by atomic mass is 9.99. The van der Waals surface area contributed by atoms with Crippen molar-refractivity contribution >= 4 is 5.91 Å². The van der Waals surface area contributed by atoms with Crippen LogP contribution in [0.4, 0.5) is 0 Å². The number of nitrogens with one attached hydrogen (secondary N) is 1. The van der Waals surface area contributed by atoms with E-state index in [1.165, 1.54) is 89.9 Å². The molecule has 7 unspecified atom stereocenters. The Balaban J connectivity index is 2.24. The third-order valence-electron chi connectivity index (χ3n) is 13.9. The van der Waals surface area contributed by atoms with Gasteiger partial charge in [-0.3, -0.25) is 4.79 Å². The average molecular weight is 1110 g/mol. The number of amides is 1. The van der Waals surface area contributed by atoms with E-state index in [9.17, 15) is 30.3 Å². The molecule has 6 N–H and O–H groups in total. The smallest absolute Gasteiger partial charge is 0.220 e. The molecule has 0 aromatic heterocycles. The molecule has 1 amide bonds. The fourth-order valence-corrected chi connectivity index (χ4v) is 8.90. The van der Waals surface area contributed by atoms with Gasteiger partial charge in [-0.2, -0.15) is 0 Å². The zero-order valence-electron chi connectivity index (χ0n) is 50.3. The molecule has 0 spiro atoms. The van der Waals surface area contributed by atoms with Gasteiger partial charge in [0.25, 0.3) is 0 Å². The van der Waals surface area contributed by atoms with Crippen LogP contribution in [0.3, 0.4) is 0 Å². The minimum Gasteiger partial charge on any atom is -0.394 e. The number of hydrogen-bond acceptors (Lipinski definition) is 8. The molecule has 1 saturated heterocycles. The van der Waals surface area contributed by atoms with E-state index in [1.54, 1.807) is 6.08 Å². The zero-order valence-corrected chi connectivity index (χ0v) is 50.3. The molecule has 0 radical (unpaired) electrons. The molecular weight excluding hydrogens is 995 g/mol. The summed E-state index contributed by atoms with van der Waals surface area (Å²) in [5.41, 5.74) is 0. The first-order valence-corrected chi connectivity index (χ1v) is 31.7. The van der Waals surface area contributed by atoms with Crippen LogP contribution < -0.4 is 5.32 Å². The first kappa shape index (κ1) is 73.8. The average Bonchev–Trinajstić information content (AvgIpc) is 3.46. The molecular formula is C71H115NO8. The molecule has 1 rings (SSSR count). The van der Waals surface area contributed by atoms with Gasteiger partial charge in [-0.1, -0.05) is 268 Å². The van der Waals surface area contributed by atoms with E-state index in [-0.39, 0.29) is 18.9 Å². The summed E-state index contributed by atoms with van der Waals surface area (Å²) in [6, 6.07) is -0.841. The highest BCUT2D eigenvalue weighted by molar-refractivity contribution is 5.76. The summed E-state index contributed by atoms with van der Waals surface area (Å²) in [6.07, 6.45) is 84.6. The Kier molecular flexibility index (Phi) is 53.5. The Bertz CT molecular complexity index is 1810. The number of carbonyl (C=O) groups is 1. The van der Waals surface area contributed by atoms with E-state index < -0.39 is 49.5 Å². The van der Waals surface area contributed by atoms with Crippen LogP contribution in [0.15, 0.2) is 158 Å². The highest BCUT2D eigenvalue weighted by Gasteiger charge is 2.44. The summed E-state index contributed by atoms with van der Waals surface area (Å²) < 4.78 is 11.3. The van der Waals surface area contributed by atoms with Crippen LogP contribution in [-0.4, -0.2) is 87.5 Å². The summed E-state index contributed by atoms with van der Waals surface area (Å²) in [6.45, 7) is 3.63. The van der Waals surface area contributed by atoms with Crippen LogP contribution in [0.1, 0.15) is 226 Å². The molecule has 452 valence electrons. The van der Waals surface area contributed by atoms with Gasteiger partial charge >= 0.3 is 0 Å². The summed E-state index contributed by atoms with van der Waals surface area (Å²) in [5.74, 6) is -0.225. The number of hydrogen-bond donors (Lipinski definition) is 6. The van der Waals surface area contributed by atoms with Crippen LogP contribution in [0.2, 0.25) is 0 Å². The summed E-state index contributed by atoms with van der Waals surface area (Å²) in [5, 5.41) is 54.5. The van der Waals surface area contributed by atoms with Crippen molar-refractivity contribution in [1.29, 1.82) is 0 Å². The van der Waals surface area contributed by atoms with E-state index in [1.807, 2.05) is 6.08 Å². The topological polar surface area (TPSA) is 149 Å². The molecule has 0 saturated carbocycles. The standard InChI is InChI=1S/C71H115NO8/c1-3-5-7-9-11-13-15-17-19-21-23-24-25-26-27-28-29-30-31-32-33-34-35-36-37-38-39-40-41-42-43-45-47-49-51-53-55-57-59-61-67(75)72-64(63-79-71-70(78)69(77)68(76)66(62-73)80-71)65(74)60-58-56-54-52-50-48-46-44-22-20-18-16-14-12-10-8-6-4-2/h5,7,11,13,17,19,23-24,26-27,29-30,32-33,35-36,38-39,41-42,45,47,51,53,58,60,64-66,68-71,73-74,76-78H,3-4,6,8-10,12,14-16,18,20-22,25,28,31,34,37,40,43-44,46,48-50,52,54-57,59,61-63H2,1-2H3,(H,72,75)/b7-5-,13-11-,19-17-,24-23-,27-26-,30-29-,33-32-,36-35-,39-38-,42-41-,47-45-,53-51-,60-58+. The predicted octanol–water partition coefficient (Wildman–Crippen LogP) is 16.8. The Morgan fingerprint density at radius 1 is 0.438 bits per heavy atom. The van der Waals surface area contributed by atoms with Crippen molar-refractivity contribution in [3.63, 3.8) is 0 Å². The molecule has 1 aliphatic heterocycles. The van der Waals surface area contributed by atoms with Gasteiger partial charge in [-0.05, 0) is 109 Å². The Labute approximate surface area is 488 Å². The van der Waals surface area contributed by atoms with Crippen molar-refractivity contribution in [2.24, 2.45) is 0 Å². The molecule has 80 heavy (non-hydrogen) atoms. The number of carbonyl (C=O) groups excluding carboxylic acids is 1. The lowest BCUT2D eigenvalue weighted by Gasteiger charge is -2.40. The fraction of sp³-hybridized carbons (Fsp3) is 0.620. The van der Waals surface area contributed by atoms with E-state index in [0.717, 1.165) is 109 Å². The molecule has 0 aliphatic carbocycles. The van der Waals surface area contributed by atoms with Crippen molar-refractivity contribution in [3.05, 3.63) is 158 Å². The number of rotatable bonds is 52. The second kappa shape index (κ2) is 58.0. The van der Waals surface area contributed by atoms with Crippen molar-refractivity contribution in [2.45, 2.75) is 269 Å². The van der Waals surface area contributed by atoms with Crippen LogP contribution in [0.5, 0.6) is 0 Å². The second-order valence-electron chi connectivity index (χ2n) is 21.1. The van der Waals surface area contributed by atoms with Crippen LogP contribution in [0, 0.1) is 0 Å².